The van der Waals surface area contributed by atoms with Gasteiger partial charge in [-0.05, 0) is 44.6 Å². The monoisotopic (exact) mass is 606 g/mol. The van der Waals surface area contributed by atoms with Crippen LogP contribution in [-0.4, -0.2) is 87.1 Å². The smallest absolute Gasteiger partial charge is 0.253 e. The lowest BCUT2D eigenvalue weighted by Crippen LogP contribution is -2.31. The lowest BCUT2D eigenvalue weighted by atomic mass is 10.2. The predicted octanol–water partition coefficient (Wildman–Crippen LogP) is 3.40. The molecule has 0 unspecified atom stereocenters. The van der Waals surface area contributed by atoms with E-state index in [1.54, 1.807) is 6.08 Å². The van der Waals surface area contributed by atoms with Crippen molar-refractivity contribution in [3.8, 4) is 0 Å². The maximum atomic E-state index is 12.0. The molecule has 224 valence electrons. The SMILES string of the molecule is C=C1C=CC(=O)N1CCCC(=O)CSC(=O)CCCCOCCCCC(=O)SCC(=O)CCCN1C(=O)C=CC1=O. The van der Waals surface area contributed by atoms with Gasteiger partial charge < -0.3 is 9.64 Å². The van der Waals surface area contributed by atoms with E-state index in [2.05, 4.69) is 6.58 Å². The second-order valence-corrected chi connectivity index (χ2v) is 11.7. The normalized spacial score (nSPS) is 14.5. The Morgan fingerprint density at radius 3 is 1.51 bits per heavy atom. The number of hydrogen-bond acceptors (Lipinski definition) is 10. The minimum Gasteiger partial charge on any atom is -0.381 e. The molecule has 41 heavy (non-hydrogen) atoms. The zero-order valence-corrected chi connectivity index (χ0v) is 24.9. The molecule has 0 aromatic rings. The summed E-state index contributed by atoms with van der Waals surface area (Å²) in [6, 6.07) is 0. The number of ether oxygens (including phenoxy) is 1. The van der Waals surface area contributed by atoms with Crippen molar-refractivity contribution in [3.05, 3.63) is 36.6 Å². The van der Waals surface area contributed by atoms with Gasteiger partial charge in [0.1, 0.15) is 11.6 Å². The third kappa shape index (κ3) is 14.1. The van der Waals surface area contributed by atoms with Crippen molar-refractivity contribution in [2.45, 2.75) is 64.2 Å². The molecule has 2 aliphatic rings. The van der Waals surface area contributed by atoms with Crippen molar-refractivity contribution < 1.29 is 38.3 Å². The molecule has 0 aromatic carbocycles. The molecule has 10 nitrogen and oxygen atoms in total. The quantitative estimate of drug-likeness (QED) is 0.133. The Morgan fingerprint density at radius 1 is 0.610 bits per heavy atom. The number of unbranched alkanes of at least 4 members (excludes halogenated alkanes) is 2. The van der Waals surface area contributed by atoms with Gasteiger partial charge >= 0.3 is 0 Å². The summed E-state index contributed by atoms with van der Waals surface area (Å²) in [6.45, 7) is 5.46. The van der Waals surface area contributed by atoms with Gasteiger partial charge in [0.2, 0.25) is 0 Å². The standard InChI is InChI=1S/C29H38N2O8S2/c1-22-12-13-25(34)30(22)16-6-8-23(32)20-40-28(37)10-2-4-18-39-19-5-3-11-29(38)41-21-24(33)9-7-17-31-26(35)14-15-27(31)36/h12-15H,1-11,16-21H2. The summed E-state index contributed by atoms with van der Waals surface area (Å²) in [5, 5.41) is -0.0685. The van der Waals surface area contributed by atoms with E-state index in [4.69, 9.17) is 4.74 Å². The molecule has 0 atom stereocenters. The third-order valence-corrected chi connectivity index (χ3v) is 8.22. The number of allylic oxidation sites excluding steroid dienone is 1. The predicted molar refractivity (Wildman–Crippen MR) is 158 cm³/mol. The highest BCUT2D eigenvalue weighted by atomic mass is 32.2. The Labute approximate surface area is 249 Å². The molecule has 0 aliphatic carbocycles. The molecule has 12 heteroatoms. The molecule has 0 N–H and O–H groups in total. The highest BCUT2D eigenvalue weighted by Crippen LogP contribution is 2.16. The Balaban J connectivity index is 1.35. The summed E-state index contributed by atoms with van der Waals surface area (Å²) in [7, 11) is 0. The molecule has 0 spiro atoms. The summed E-state index contributed by atoms with van der Waals surface area (Å²) in [4.78, 5) is 85.1. The van der Waals surface area contributed by atoms with E-state index in [9.17, 15) is 33.6 Å². The average molecular weight is 607 g/mol. The number of thioether (sulfide) groups is 2. The van der Waals surface area contributed by atoms with E-state index in [0.717, 1.165) is 41.3 Å². The van der Waals surface area contributed by atoms with E-state index in [1.807, 2.05) is 0 Å². The van der Waals surface area contributed by atoms with Crippen LogP contribution in [0.5, 0.6) is 0 Å². The number of hydrogen-bond donors (Lipinski definition) is 0. The minimum absolute atomic E-state index is 0.0104. The summed E-state index contributed by atoms with van der Waals surface area (Å²) in [5.74, 6) is -0.700. The van der Waals surface area contributed by atoms with Crippen molar-refractivity contribution in [3.63, 3.8) is 0 Å². The van der Waals surface area contributed by atoms with E-state index >= 15 is 0 Å². The van der Waals surface area contributed by atoms with Crippen molar-refractivity contribution in [2.24, 2.45) is 0 Å². The summed E-state index contributed by atoms with van der Waals surface area (Å²) < 4.78 is 5.56. The first-order chi connectivity index (χ1) is 19.7. The molecule has 3 amide bonds. The van der Waals surface area contributed by atoms with Gasteiger partial charge in [0.25, 0.3) is 17.7 Å². The molecule has 2 heterocycles. The lowest BCUT2D eigenvalue weighted by molar-refractivity contribution is -0.137. The van der Waals surface area contributed by atoms with Crippen LogP contribution in [0, 0.1) is 0 Å². The van der Waals surface area contributed by atoms with Gasteiger partial charge in [-0.15, -0.1) is 0 Å². The molecule has 2 aliphatic heterocycles. The van der Waals surface area contributed by atoms with Gasteiger partial charge in [-0.3, -0.25) is 38.5 Å². The highest BCUT2D eigenvalue weighted by molar-refractivity contribution is 8.14. The van der Waals surface area contributed by atoms with Gasteiger partial charge in [-0.1, -0.05) is 30.1 Å². The topological polar surface area (TPSA) is 135 Å². The molecule has 2 rings (SSSR count). The molecule has 0 bridgehead atoms. The molecule has 0 saturated heterocycles. The van der Waals surface area contributed by atoms with Crippen molar-refractivity contribution in [1.29, 1.82) is 0 Å². The van der Waals surface area contributed by atoms with Crippen LogP contribution in [0.1, 0.15) is 64.2 Å². The van der Waals surface area contributed by atoms with Gasteiger partial charge in [-0.25, -0.2) is 0 Å². The van der Waals surface area contributed by atoms with Crippen LogP contribution in [0.3, 0.4) is 0 Å². The molecule has 0 aromatic heterocycles. The van der Waals surface area contributed by atoms with Crippen LogP contribution in [0.15, 0.2) is 36.6 Å². The largest absolute Gasteiger partial charge is 0.381 e. The van der Waals surface area contributed by atoms with Gasteiger partial charge in [0, 0.05) is 75.9 Å². The Hall–Kier alpha value is -2.83. The number of rotatable bonds is 22. The van der Waals surface area contributed by atoms with Crippen LogP contribution >= 0.6 is 23.5 Å². The number of amides is 3. The first kappa shape index (κ1) is 34.4. The first-order valence-corrected chi connectivity index (χ1v) is 15.8. The summed E-state index contributed by atoms with van der Waals surface area (Å²) in [5.41, 5.74) is 0.631. The Morgan fingerprint density at radius 2 is 1.05 bits per heavy atom. The number of nitrogens with zero attached hydrogens (tertiary/aromatic N) is 2. The number of ketones is 2. The highest BCUT2D eigenvalue weighted by Gasteiger charge is 2.23. The second-order valence-electron chi connectivity index (χ2n) is 9.61. The molecule has 0 saturated carbocycles. The maximum absolute atomic E-state index is 12.0. The van der Waals surface area contributed by atoms with Crippen LogP contribution < -0.4 is 0 Å². The Bertz CT molecular complexity index is 951. The molecule has 0 radical (unpaired) electrons. The van der Waals surface area contributed by atoms with Gasteiger partial charge in [0.05, 0.1) is 11.5 Å². The zero-order valence-electron chi connectivity index (χ0n) is 23.3. The number of imide groups is 1. The Kier molecular flexibility index (Phi) is 16.2. The van der Waals surface area contributed by atoms with Crippen LogP contribution in [-0.2, 0) is 38.3 Å². The fourth-order valence-corrected chi connectivity index (χ4v) is 5.43. The van der Waals surface area contributed by atoms with E-state index in [-0.39, 0.29) is 64.0 Å². The number of carbonyl (C=O) groups excluding carboxylic acids is 7. The molecular formula is C29H38N2O8S2. The summed E-state index contributed by atoms with van der Waals surface area (Å²) >= 11 is 2.03. The second kappa shape index (κ2) is 19.3. The van der Waals surface area contributed by atoms with E-state index in [1.165, 1.54) is 23.1 Å². The van der Waals surface area contributed by atoms with Crippen LogP contribution in [0.2, 0.25) is 0 Å². The van der Waals surface area contributed by atoms with Crippen LogP contribution in [0.4, 0.5) is 0 Å². The first-order valence-electron chi connectivity index (χ1n) is 13.8. The van der Waals surface area contributed by atoms with Gasteiger partial charge in [-0.2, -0.15) is 0 Å². The summed E-state index contributed by atoms with van der Waals surface area (Å²) in [6.07, 6.45) is 10.5. The fourth-order valence-electron chi connectivity index (χ4n) is 3.92. The average Bonchev–Trinajstić information content (AvgIpc) is 3.44. The number of Topliss-reactive ketones (excluding diaryl/α,β-unsaturated/α-hetero) is 2. The van der Waals surface area contributed by atoms with Crippen LogP contribution in [0.25, 0.3) is 0 Å². The third-order valence-electron chi connectivity index (χ3n) is 6.23. The van der Waals surface area contributed by atoms with Crippen molar-refractivity contribution in [2.75, 3.05) is 37.8 Å². The van der Waals surface area contributed by atoms with Gasteiger partial charge in [0.15, 0.2) is 10.2 Å². The molecular weight excluding hydrogens is 568 g/mol. The van der Waals surface area contributed by atoms with E-state index < -0.39 is 0 Å². The zero-order chi connectivity index (χ0) is 30.0. The maximum Gasteiger partial charge on any atom is 0.253 e. The van der Waals surface area contributed by atoms with Crippen molar-refractivity contribution in [1.82, 2.24) is 9.80 Å². The lowest BCUT2D eigenvalue weighted by Gasteiger charge is -2.16. The minimum atomic E-state index is -0.364. The fraction of sp³-hybridized carbons (Fsp3) is 0.552. The van der Waals surface area contributed by atoms with E-state index in [0.29, 0.717) is 70.4 Å². The van der Waals surface area contributed by atoms with Crippen molar-refractivity contribution >= 4 is 63.0 Å². The number of carbonyl (C=O) groups is 7. The molecule has 0 fully saturated rings.